The number of hydrogen-bond acceptors (Lipinski definition) is 4. The number of benzene rings is 1. The third kappa shape index (κ3) is 3.07. The van der Waals surface area contributed by atoms with Crippen LogP contribution in [0.25, 0.3) is 0 Å². The number of anilines is 1. The van der Waals surface area contributed by atoms with Crippen LogP contribution in [-0.2, 0) is 6.42 Å². The molecule has 0 spiro atoms. The molecule has 0 bridgehead atoms. The summed E-state index contributed by atoms with van der Waals surface area (Å²) >= 11 is 7.60. The fourth-order valence-electron chi connectivity index (χ4n) is 2.16. The van der Waals surface area contributed by atoms with Gasteiger partial charge in [0, 0.05) is 5.02 Å². The van der Waals surface area contributed by atoms with Gasteiger partial charge in [0.15, 0.2) is 0 Å². The molecule has 1 aliphatic rings. The maximum Gasteiger partial charge on any atom is 0.206 e. The number of aryl methyl sites for hydroxylation is 1. The summed E-state index contributed by atoms with van der Waals surface area (Å²) in [6.07, 6.45) is 3.49. The summed E-state index contributed by atoms with van der Waals surface area (Å²) in [6, 6.07) is 8.42. The maximum absolute atomic E-state index is 5.95. The summed E-state index contributed by atoms with van der Waals surface area (Å²) in [5, 5.41) is 14.7. The van der Waals surface area contributed by atoms with Crippen molar-refractivity contribution >= 4 is 28.1 Å². The van der Waals surface area contributed by atoms with Gasteiger partial charge in [-0.25, -0.2) is 0 Å². The number of hydrogen-bond donors (Lipinski definition) is 1. The molecular weight excluding hydrogens is 278 g/mol. The first kappa shape index (κ1) is 12.9. The zero-order valence-corrected chi connectivity index (χ0v) is 12.3. The molecule has 1 saturated carbocycles. The Kier molecular flexibility index (Phi) is 3.71. The summed E-state index contributed by atoms with van der Waals surface area (Å²) in [4.78, 5) is 0. The van der Waals surface area contributed by atoms with Crippen molar-refractivity contribution in [3.8, 4) is 0 Å². The van der Waals surface area contributed by atoms with Crippen molar-refractivity contribution < 1.29 is 0 Å². The molecule has 2 aromatic rings. The average Bonchev–Trinajstić information content (AvgIpc) is 3.17. The van der Waals surface area contributed by atoms with Crippen molar-refractivity contribution in [2.45, 2.75) is 32.2 Å². The number of halogens is 1. The van der Waals surface area contributed by atoms with Crippen LogP contribution in [-0.4, -0.2) is 10.2 Å². The van der Waals surface area contributed by atoms with E-state index in [9.17, 15) is 0 Å². The first-order valence-electron chi connectivity index (χ1n) is 6.60. The molecule has 100 valence electrons. The van der Waals surface area contributed by atoms with Crippen LogP contribution in [0.3, 0.4) is 0 Å². The van der Waals surface area contributed by atoms with Crippen molar-refractivity contribution in [3.05, 3.63) is 39.9 Å². The second kappa shape index (κ2) is 5.47. The lowest BCUT2D eigenvalue weighted by Crippen LogP contribution is -2.12. The van der Waals surface area contributed by atoms with E-state index in [1.807, 2.05) is 12.1 Å². The fourth-order valence-corrected chi connectivity index (χ4v) is 3.00. The van der Waals surface area contributed by atoms with Crippen LogP contribution in [0.5, 0.6) is 0 Å². The molecule has 3 rings (SSSR count). The Hall–Kier alpha value is -1.13. The molecule has 1 aromatic carbocycles. The minimum absolute atomic E-state index is 0.329. The SMILES string of the molecule is CCc1nnc(NC(c2ccc(Cl)cc2)C2CC2)s1. The molecule has 1 aromatic heterocycles. The molecule has 0 aliphatic heterocycles. The molecule has 3 nitrogen and oxygen atoms in total. The van der Waals surface area contributed by atoms with E-state index >= 15 is 0 Å². The average molecular weight is 294 g/mol. The van der Waals surface area contributed by atoms with E-state index in [4.69, 9.17) is 11.6 Å². The molecule has 1 fully saturated rings. The highest BCUT2D eigenvalue weighted by Crippen LogP contribution is 2.43. The number of nitrogens with one attached hydrogen (secondary N) is 1. The van der Waals surface area contributed by atoms with Gasteiger partial charge >= 0.3 is 0 Å². The zero-order chi connectivity index (χ0) is 13.2. The van der Waals surface area contributed by atoms with Crippen LogP contribution >= 0.6 is 22.9 Å². The number of aromatic nitrogens is 2. The molecule has 5 heteroatoms. The van der Waals surface area contributed by atoms with E-state index < -0.39 is 0 Å². The third-order valence-electron chi connectivity index (χ3n) is 3.37. The van der Waals surface area contributed by atoms with Gasteiger partial charge in [-0.1, -0.05) is 42.0 Å². The van der Waals surface area contributed by atoms with E-state index in [1.165, 1.54) is 18.4 Å². The van der Waals surface area contributed by atoms with E-state index in [-0.39, 0.29) is 0 Å². The second-order valence-corrected chi connectivity index (χ2v) is 6.36. The van der Waals surface area contributed by atoms with Gasteiger partial charge in [0.1, 0.15) is 5.01 Å². The highest BCUT2D eigenvalue weighted by Gasteiger charge is 2.32. The highest BCUT2D eigenvalue weighted by atomic mass is 35.5. The van der Waals surface area contributed by atoms with E-state index in [2.05, 4.69) is 34.6 Å². The normalized spacial score (nSPS) is 16.3. The summed E-state index contributed by atoms with van der Waals surface area (Å²) in [7, 11) is 0. The number of nitrogens with zero attached hydrogens (tertiary/aromatic N) is 2. The maximum atomic E-state index is 5.95. The molecule has 1 atom stereocenters. The standard InChI is InChI=1S/C14H16ClN3S/c1-2-12-17-18-14(19-12)16-13(9-3-4-9)10-5-7-11(15)8-6-10/h5-9,13H,2-4H2,1H3,(H,16,18). The van der Waals surface area contributed by atoms with Gasteiger partial charge in [0.2, 0.25) is 5.13 Å². The lowest BCUT2D eigenvalue weighted by Gasteiger charge is -2.17. The minimum atomic E-state index is 0.329. The Morgan fingerprint density at radius 1 is 1.32 bits per heavy atom. The van der Waals surface area contributed by atoms with Crippen molar-refractivity contribution in [1.29, 1.82) is 0 Å². The smallest absolute Gasteiger partial charge is 0.206 e. The largest absolute Gasteiger partial charge is 0.353 e. The lowest BCUT2D eigenvalue weighted by molar-refractivity contribution is 0.676. The first-order valence-corrected chi connectivity index (χ1v) is 7.80. The van der Waals surface area contributed by atoms with Gasteiger partial charge in [-0.15, -0.1) is 10.2 Å². The monoisotopic (exact) mass is 293 g/mol. The van der Waals surface area contributed by atoms with E-state index in [0.29, 0.717) is 12.0 Å². The van der Waals surface area contributed by atoms with E-state index in [0.717, 1.165) is 21.6 Å². The van der Waals surface area contributed by atoms with Crippen molar-refractivity contribution in [1.82, 2.24) is 10.2 Å². The predicted molar refractivity (Wildman–Crippen MR) is 79.8 cm³/mol. The molecule has 19 heavy (non-hydrogen) atoms. The minimum Gasteiger partial charge on any atom is -0.353 e. The summed E-state index contributed by atoms with van der Waals surface area (Å²) < 4.78 is 0. The van der Waals surface area contributed by atoms with Crippen molar-refractivity contribution in [3.63, 3.8) is 0 Å². The van der Waals surface area contributed by atoms with Crippen molar-refractivity contribution in [2.75, 3.05) is 5.32 Å². The van der Waals surface area contributed by atoms with Crippen LogP contribution in [0.2, 0.25) is 5.02 Å². The van der Waals surface area contributed by atoms with Gasteiger partial charge in [0.25, 0.3) is 0 Å². The van der Waals surface area contributed by atoms with Gasteiger partial charge in [-0.2, -0.15) is 0 Å². The number of rotatable bonds is 5. The zero-order valence-electron chi connectivity index (χ0n) is 10.8. The lowest BCUT2D eigenvalue weighted by atomic mass is 10.0. The van der Waals surface area contributed by atoms with Crippen LogP contribution in [0.1, 0.15) is 36.4 Å². The molecule has 0 radical (unpaired) electrons. The van der Waals surface area contributed by atoms with Gasteiger partial charge in [-0.3, -0.25) is 0 Å². The molecule has 1 N–H and O–H groups in total. The Morgan fingerprint density at radius 3 is 2.63 bits per heavy atom. The quantitative estimate of drug-likeness (QED) is 0.892. The highest BCUT2D eigenvalue weighted by molar-refractivity contribution is 7.15. The molecular formula is C14H16ClN3S. The molecule has 1 unspecified atom stereocenters. The fraction of sp³-hybridized carbons (Fsp3) is 0.429. The van der Waals surface area contributed by atoms with Gasteiger partial charge in [0.05, 0.1) is 6.04 Å². The van der Waals surface area contributed by atoms with Crippen molar-refractivity contribution in [2.24, 2.45) is 5.92 Å². The predicted octanol–water partition coefficient (Wildman–Crippen LogP) is 4.32. The van der Waals surface area contributed by atoms with Crippen LogP contribution in [0.15, 0.2) is 24.3 Å². The van der Waals surface area contributed by atoms with Crippen LogP contribution in [0.4, 0.5) is 5.13 Å². The van der Waals surface area contributed by atoms with Crippen LogP contribution in [0, 0.1) is 5.92 Å². The first-order chi connectivity index (χ1) is 9.26. The molecule has 0 amide bonds. The molecule has 1 heterocycles. The molecule has 0 saturated heterocycles. The van der Waals surface area contributed by atoms with Gasteiger partial charge < -0.3 is 5.32 Å². The Balaban J connectivity index is 1.79. The topological polar surface area (TPSA) is 37.8 Å². The molecule has 1 aliphatic carbocycles. The summed E-state index contributed by atoms with van der Waals surface area (Å²) in [5.41, 5.74) is 1.28. The van der Waals surface area contributed by atoms with Gasteiger partial charge in [-0.05, 0) is 42.9 Å². The van der Waals surface area contributed by atoms with E-state index in [1.54, 1.807) is 11.3 Å². The Bertz CT molecular complexity index is 548. The third-order valence-corrected chi connectivity index (χ3v) is 4.62. The Morgan fingerprint density at radius 2 is 2.05 bits per heavy atom. The van der Waals surface area contributed by atoms with Crippen LogP contribution < -0.4 is 5.32 Å². The Labute approximate surface area is 122 Å². The summed E-state index contributed by atoms with van der Waals surface area (Å²) in [5.74, 6) is 0.704. The summed E-state index contributed by atoms with van der Waals surface area (Å²) in [6.45, 7) is 2.10. The second-order valence-electron chi connectivity index (χ2n) is 4.87.